The van der Waals surface area contributed by atoms with Gasteiger partial charge in [0.05, 0.1) is 0 Å². The lowest BCUT2D eigenvalue weighted by atomic mass is 11.3. The molecule has 11 heteroatoms. The standard InChI is InChI=1S/C3H6N3O6PS/c7-13(8,9)2-12-14(10,11)3-4-1-5-6-3/h1H,2H2,(H,4,5,6)(H2,7,8,9). The Morgan fingerprint density at radius 1 is 1.57 bits per heavy atom. The Kier molecular flexibility index (Phi) is 3.02. The molecule has 0 amide bonds. The highest BCUT2D eigenvalue weighted by atomic mass is 32.2. The summed E-state index contributed by atoms with van der Waals surface area (Å²) in [5.41, 5.74) is 0. The first-order valence-electron chi connectivity index (χ1n) is 3.11. The van der Waals surface area contributed by atoms with Crippen LogP contribution in [0.25, 0.3) is 0 Å². The number of aromatic amines is 1. The van der Waals surface area contributed by atoms with Gasteiger partial charge in [-0.15, -0.1) is 0 Å². The topological polar surface area (TPSA) is 142 Å². The molecule has 0 atom stereocenters. The number of nitrogens with zero attached hydrogens (tertiary/aromatic N) is 2. The maximum Gasteiger partial charge on any atom is 0.352 e. The lowest BCUT2D eigenvalue weighted by Crippen LogP contribution is -2.09. The van der Waals surface area contributed by atoms with Crippen molar-refractivity contribution in [1.29, 1.82) is 0 Å². The molecule has 9 nitrogen and oxygen atoms in total. The van der Waals surface area contributed by atoms with Crippen LogP contribution in [-0.2, 0) is 18.9 Å². The van der Waals surface area contributed by atoms with Gasteiger partial charge in [0, 0.05) is 0 Å². The lowest BCUT2D eigenvalue weighted by molar-refractivity contribution is 0.299. The summed E-state index contributed by atoms with van der Waals surface area (Å²) < 4.78 is 36.4. The van der Waals surface area contributed by atoms with Gasteiger partial charge in [0.1, 0.15) is 6.33 Å². The van der Waals surface area contributed by atoms with Crippen molar-refractivity contribution in [3.05, 3.63) is 6.33 Å². The Balaban J connectivity index is 2.75. The van der Waals surface area contributed by atoms with Crippen LogP contribution in [-0.4, -0.2) is 39.7 Å². The van der Waals surface area contributed by atoms with Crippen molar-refractivity contribution in [3.63, 3.8) is 0 Å². The molecular formula is C3H6N3O6PS. The molecule has 0 fully saturated rings. The zero-order valence-electron chi connectivity index (χ0n) is 6.56. The van der Waals surface area contributed by atoms with E-state index in [-0.39, 0.29) is 0 Å². The second kappa shape index (κ2) is 3.75. The van der Waals surface area contributed by atoms with Gasteiger partial charge in [0.25, 0.3) is 5.16 Å². The van der Waals surface area contributed by atoms with E-state index in [4.69, 9.17) is 9.79 Å². The minimum Gasteiger partial charge on any atom is -0.323 e. The third kappa shape index (κ3) is 3.16. The summed E-state index contributed by atoms with van der Waals surface area (Å²) >= 11 is 0. The van der Waals surface area contributed by atoms with E-state index in [2.05, 4.69) is 14.3 Å². The van der Waals surface area contributed by atoms with Crippen LogP contribution >= 0.6 is 7.60 Å². The van der Waals surface area contributed by atoms with E-state index in [1.807, 2.05) is 5.10 Å². The maximum absolute atomic E-state index is 11.0. The molecule has 1 aromatic heterocycles. The molecule has 80 valence electrons. The van der Waals surface area contributed by atoms with Crippen LogP contribution in [0.4, 0.5) is 0 Å². The summed E-state index contributed by atoms with van der Waals surface area (Å²) in [6, 6.07) is 0. The molecule has 0 spiro atoms. The fraction of sp³-hybridized carbons (Fsp3) is 0.333. The van der Waals surface area contributed by atoms with Crippen LogP contribution in [0.15, 0.2) is 11.5 Å². The first-order valence-corrected chi connectivity index (χ1v) is 6.31. The number of aromatic nitrogens is 3. The van der Waals surface area contributed by atoms with E-state index in [0.717, 1.165) is 6.33 Å². The van der Waals surface area contributed by atoms with Gasteiger partial charge in [-0.25, -0.2) is 10.1 Å². The molecule has 14 heavy (non-hydrogen) atoms. The van der Waals surface area contributed by atoms with Crippen molar-refractivity contribution >= 4 is 17.7 Å². The maximum atomic E-state index is 11.0. The van der Waals surface area contributed by atoms with Crippen LogP contribution in [0.1, 0.15) is 0 Å². The fourth-order valence-corrected chi connectivity index (χ4v) is 2.07. The molecule has 0 saturated carbocycles. The molecule has 0 unspecified atom stereocenters. The highest BCUT2D eigenvalue weighted by Crippen LogP contribution is 2.34. The minimum absolute atomic E-state index is 0.606. The minimum atomic E-state index is -4.53. The first-order chi connectivity index (χ1) is 6.31. The van der Waals surface area contributed by atoms with E-state index in [9.17, 15) is 13.0 Å². The van der Waals surface area contributed by atoms with Gasteiger partial charge in [-0.05, 0) is 0 Å². The van der Waals surface area contributed by atoms with Gasteiger partial charge >= 0.3 is 17.7 Å². The zero-order valence-corrected chi connectivity index (χ0v) is 8.27. The average Bonchev–Trinajstić information content (AvgIpc) is 2.52. The van der Waals surface area contributed by atoms with Crippen LogP contribution < -0.4 is 0 Å². The van der Waals surface area contributed by atoms with E-state index in [0.29, 0.717) is 0 Å². The summed E-state index contributed by atoms with van der Waals surface area (Å²) in [7, 11) is -8.80. The van der Waals surface area contributed by atoms with Crippen LogP contribution in [0, 0.1) is 0 Å². The van der Waals surface area contributed by atoms with Gasteiger partial charge in [-0.2, -0.15) is 13.5 Å². The highest BCUT2D eigenvalue weighted by molar-refractivity contribution is 7.86. The smallest absolute Gasteiger partial charge is 0.323 e. The van der Waals surface area contributed by atoms with Gasteiger partial charge in [-0.3, -0.25) is 8.75 Å². The molecule has 3 N–H and O–H groups in total. The van der Waals surface area contributed by atoms with Crippen molar-refractivity contribution in [2.45, 2.75) is 5.16 Å². The Morgan fingerprint density at radius 3 is 2.64 bits per heavy atom. The van der Waals surface area contributed by atoms with Crippen LogP contribution in [0.2, 0.25) is 0 Å². The molecule has 1 aromatic rings. The number of rotatable bonds is 4. The molecule has 0 aliphatic carbocycles. The summed E-state index contributed by atoms with van der Waals surface area (Å²) in [4.78, 5) is 20.0. The van der Waals surface area contributed by atoms with Crippen molar-refractivity contribution in [2.75, 3.05) is 6.35 Å². The highest BCUT2D eigenvalue weighted by Gasteiger charge is 2.24. The Bertz CT molecular complexity index is 433. The number of H-pyrrole nitrogens is 1. The quantitative estimate of drug-likeness (QED) is 0.434. The Morgan fingerprint density at radius 2 is 2.21 bits per heavy atom. The van der Waals surface area contributed by atoms with Crippen LogP contribution in [0.5, 0.6) is 0 Å². The van der Waals surface area contributed by atoms with Gasteiger partial charge in [0.2, 0.25) is 0 Å². The fourth-order valence-electron chi connectivity index (χ4n) is 0.509. The van der Waals surface area contributed by atoms with Gasteiger partial charge in [-0.1, -0.05) is 0 Å². The molecule has 1 rings (SSSR count). The predicted octanol–water partition coefficient (Wildman–Crippen LogP) is -1.35. The molecule has 0 aromatic carbocycles. The van der Waals surface area contributed by atoms with Crippen molar-refractivity contribution in [3.8, 4) is 0 Å². The van der Waals surface area contributed by atoms with Crippen molar-refractivity contribution in [1.82, 2.24) is 15.2 Å². The van der Waals surface area contributed by atoms with E-state index >= 15 is 0 Å². The SMILES string of the molecule is O=P(O)(O)COS(=O)(=O)c1ncn[nH]1. The Hall–Kier alpha value is -0.800. The largest absolute Gasteiger partial charge is 0.352 e. The molecule has 0 aliphatic rings. The number of hydrogen-bond donors (Lipinski definition) is 3. The monoisotopic (exact) mass is 243 g/mol. The third-order valence-corrected chi connectivity index (χ3v) is 2.74. The summed E-state index contributed by atoms with van der Waals surface area (Å²) in [6.07, 6.45) is -0.302. The average molecular weight is 243 g/mol. The second-order valence-corrected chi connectivity index (χ2v) is 5.27. The lowest BCUT2D eigenvalue weighted by Gasteiger charge is -2.03. The predicted molar refractivity (Wildman–Crippen MR) is 41.6 cm³/mol. The molecule has 0 aliphatic heterocycles. The van der Waals surface area contributed by atoms with E-state index in [1.54, 1.807) is 0 Å². The second-order valence-electron chi connectivity index (χ2n) is 2.16. The van der Waals surface area contributed by atoms with E-state index in [1.165, 1.54) is 0 Å². The van der Waals surface area contributed by atoms with Gasteiger partial charge in [0.15, 0.2) is 6.35 Å². The van der Waals surface area contributed by atoms with Crippen molar-refractivity contribution < 1.29 is 27.0 Å². The van der Waals surface area contributed by atoms with Gasteiger partial charge < -0.3 is 9.79 Å². The number of nitrogens with one attached hydrogen (secondary N) is 1. The zero-order chi connectivity index (χ0) is 10.8. The molecule has 0 saturated heterocycles. The first kappa shape index (κ1) is 11.3. The molecule has 0 bridgehead atoms. The van der Waals surface area contributed by atoms with Crippen LogP contribution in [0.3, 0.4) is 0 Å². The Labute approximate surface area is 78.4 Å². The van der Waals surface area contributed by atoms with Crippen molar-refractivity contribution in [2.24, 2.45) is 0 Å². The van der Waals surface area contributed by atoms with E-state index < -0.39 is 29.2 Å². The number of hydrogen-bond acceptors (Lipinski definition) is 6. The third-order valence-electron chi connectivity index (χ3n) is 1.01. The normalized spacial score (nSPS) is 13.0. The summed E-state index contributed by atoms with van der Waals surface area (Å²) in [5.74, 6) is 0. The molecule has 1 heterocycles. The summed E-state index contributed by atoms with van der Waals surface area (Å²) in [6.45, 7) is 0. The molecular weight excluding hydrogens is 237 g/mol. The summed E-state index contributed by atoms with van der Waals surface area (Å²) in [5, 5.41) is 4.62. The molecule has 0 radical (unpaired) electrons.